The molecule has 0 saturated carbocycles. The lowest BCUT2D eigenvalue weighted by molar-refractivity contribution is -0.131. The van der Waals surface area contributed by atoms with Crippen LogP contribution in [0.3, 0.4) is 0 Å². The Kier molecular flexibility index (Phi) is 6.23. The van der Waals surface area contributed by atoms with Crippen LogP contribution in [0.5, 0.6) is 0 Å². The van der Waals surface area contributed by atoms with Crippen molar-refractivity contribution in [1.82, 2.24) is 9.80 Å². The molecule has 29 heavy (non-hydrogen) atoms. The third-order valence-corrected chi connectivity index (χ3v) is 7.89. The Morgan fingerprint density at radius 1 is 1.03 bits per heavy atom. The topological polar surface area (TPSA) is 40.6 Å². The fraction of sp³-hybridized carbons (Fsp3) is 0.583. The molecule has 0 spiro atoms. The summed E-state index contributed by atoms with van der Waals surface area (Å²) in [5.74, 6) is 1.06. The second-order valence-electron chi connectivity index (χ2n) is 8.80. The van der Waals surface area contributed by atoms with E-state index in [0.717, 1.165) is 68.6 Å². The number of amides is 2. The molecule has 0 unspecified atom stereocenters. The summed E-state index contributed by atoms with van der Waals surface area (Å²) in [6.07, 6.45) is 7.41. The van der Waals surface area contributed by atoms with Crippen molar-refractivity contribution in [3.63, 3.8) is 0 Å². The molecule has 0 N–H and O–H groups in total. The highest BCUT2D eigenvalue weighted by molar-refractivity contribution is 7.21. The number of rotatable bonds is 3. The lowest BCUT2D eigenvalue weighted by Gasteiger charge is -2.31. The van der Waals surface area contributed by atoms with Crippen molar-refractivity contribution < 1.29 is 9.59 Å². The summed E-state index contributed by atoms with van der Waals surface area (Å²) >= 11 is 1.64. The zero-order chi connectivity index (χ0) is 20.4. The zero-order valence-electron chi connectivity index (χ0n) is 17.7. The standard InChI is InChI=1S/C24H32N2O2S/c1-17-11-14-25(15-12-17)24(28)23-21(20-9-5-6-10-22(20)29-23)16-19-8-4-3-7-13-26(19)18(2)27/h5-6,9-10,17,19H,3-4,7-8,11-16H2,1-2H3/t19-/m1/s1. The summed E-state index contributed by atoms with van der Waals surface area (Å²) in [5.41, 5.74) is 1.16. The normalized spacial score (nSPS) is 21.4. The van der Waals surface area contributed by atoms with E-state index in [2.05, 4.69) is 30.0 Å². The summed E-state index contributed by atoms with van der Waals surface area (Å²) in [5, 5.41) is 1.19. The van der Waals surface area contributed by atoms with Crippen molar-refractivity contribution in [2.75, 3.05) is 19.6 Å². The van der Waals surface area contributed by atoms with Gasteiger partial charge in [0.15, 0.2) is 0 Å². The molecule has 0 radical (unpaired) electrons. The number of carbonyl (C=O) groups excluding carboxylic acids is 2. The highest BCUT2D eigenvalue weighted by Gasteiger charge is 2.30. The van der Waals surface area contributed by atoms with Gasteiger partial charge in [-0.15, -0.1) is 11.3 Å². The number of fused-ring (bicyclic) bond motifs is 1. The SMILES string of the molecule is CC(=O)N1CCCCC[C@@H]1Cc1c(C(=O)N2CCC(C)CC2)sc2ccccc12. The monoisotopic (exact) mass is 412 g/mol. The van der Waals surface area contributed by atoms with Crippen LogP contribution in [0.4, 0.5) is 0 Å². The predicted molar refractivity (Wildman–Crippen MR) is 119 cm³/mol. The van der Waals surface area contributed by atoms with Gasteiger partial charge in [-0.05, 0) is 55.0 Å². The van der Waals surface area contributed by atoms with E-state index < -0.39 is 0 Å². The second kappa shape index (κ2) is 8.86. The Labute approximate surface area is 177 Å². The van der Waals surface area contributed by atoms with Gasteiger partial charge in [-0.3, -0.25) is 9.59 Å². The van der Waals surface area contributed by atoms with E-state index >= 15 is 0 Å². The van der Waals surface area contributed by atoms with Crippen LogP contribution in [0.1, 0.15) is 67.6 Å². The highest BCUT2D eigenvalue weighted by atomic mass is 32.1. The molecule has 2 aliphatic rings. The van der Waals surface area contributed by atoms with Crippen LogP contribution in [0, 0.1) is 5.92 Å². The summed E-state index contributed by atoms with van der Waals surface area (Å²) in [6, 6.07) is 8.57. The molecule has 2 amide bonds. The third kappa shape index (κ3) is 4.35. The van der Waals surface area contributed by atoms with Gasteiger partial charge in [0.1, 0.15) is 0 Å². The summed E-state index contributed by atoms with van der Waals surface area (Å²) < 4.78 is 1.18. The Balaban J connectivity index is 1.68. The first-order valence-corrected chi connectivity index (χ1v) is 11.9. The molecule has 4 nitrogen and oxygen atoms in total. The van der Waals surface area contributed by atoms with E-state index in [-0.39, 0.29) is 17.9 Å². The van der Waals surface area contributed by atoms with Crippen LogP contribution in [-0.4, -0.2) is 47.3 Å². The average Bonchev–Trinajstić information content (AvgIpc) is 2.91. The maximum absolute atomic E-state index is 13.5. The van der Waals surface area contributed by atoms with Crippen molar-refractivity contribution in [2.45, 2.75) is 64.8 Å². The number of hydrogen-bond acceptors (Lipinski definition) is 3. The molecular weight excluding hydrogens is 380 g/mol. The molecular formula is C24H32N2O2S. The van der Waals surface area contributed by atoms with Gasteiger partial charge in [0.05, 0.1) is 4.88 Å². The highest BCUT2D eigenvalue weighted by Crippen LogP contribution is 2.35. The van der Waals surface area contributed by atoms with Crippen LogP contribution < -0.4 is 0 Å². The van der Waals surface area contributed by atoms with Crippen molar-refractivity contribution in [2.24, 2.45) is 5.92 Å². The maximum Gasteiger partial charge on any atom is 0.264 e. The summed E-state index contributed by atoms with van der Waals surface area (Å²) in [6.45, 7) is 6.52. The molecule has 1 atom stereocenters. The number of thiophene rings is 1. The molecule has 1 aromatic carbocycles. The van der Waals surface area contributed by atoms with Crippen molar-refractivity contribution >= 4 is 33.2 Å². The van der Waals surface area contributed by atoms with Crippen molar-refractivity contribution in [1.29, 1.82) is 0 Å². The first-order valence-electron chi connectivity index (χ1n) is 11.1. The van der Waals surface area contributed by atoms with Gasteiger partial charge in [0.2, 0.25) is 5.91 Å². The largest absolute Gasteiger partial charge is 0.340 e. The van der Waals surface area contributed by atoms with Gasteiger partial charge in [0.25, 0.3) is 5.91 Å². The molecule has 2 aromatic rings. The van der Waals surface area contributed by atoms with E-state index in [1.165, 1.54) is 16.5 Å². The van der Waals surface area contributed by atoms with Gasteiger partial charge in [-0.1, -0.05) is 38.0 Å². The van der Waals surface area contributed by atoms with Crippen LogP contribution in [-0.2, 0) is 11.2 Å². The number of benzene rings is 1. The van der Waals surface area contributed by atoms with Crippen LogP contribution in [0.2, 0.25) is 0 Å². The summed E-state index contributed by atoms with van der Waals surface area (Å²) in [7, 11) is 0. The minimum atomic E-state index is 0.161. The first-order chi connectivity index (χ1) is 14.0. The van der Waals surface area contributed by atoms with Crippen LogP contribution >= 0.6 is 11.3 Å². The molecule has 0 bridgehead atoms. The minimum absolute atomic E-state index is 0.161. The lowest BCUT2D eigenvalue weighted by Crippen LogP contribution is -2.41. The lowest BCUT2D eigenvalue weighted by atomic mass is 9.96. The molecule has 5 heteroatoms. The van der Waals surface area contributed by atoms with E-state index in [1.807, 2.05) is 11.0 Å². The Morgan fingerprint density at radius 3 is 2.55 bits per heavy atom. The summed E-state index contributed by atoms with van der Waals surface area (Å²) in [4.78, 5) is 30.8. The van der Waals surface area contributed by atoms with Gasteiger partial charge in [-0.2, -0.15) is 0 Å². The van der Waals surface area contributed by atoms with E-state index in [4.69, 9.17) is 0 Å². The Morgan fingerprint density at radius 2 is 1.79 bits per heavy atom. The number of likely N-dealkylation sites (tertiary alicyclic amines) is 2. The van der Waals surface area contributed by atoms with Gasteiger partial charge in [-0.25, -0.2) is 0 Å². The van der Waals surface area contributed by atoms with Gasteiger partial charge in [0, 0.05) is 37.3 Å². The first kappa shape index (κ1) is 20.4. The minimum Gasteiger partial charge on any atom is -0.340 e. The average molecular weight is 413 g/mol. The maximum atomic E-state index is 13.5. The van der Waals surface area contributed by atoms with E-state index in [0.29, 0.717) is 5.92 Å². The smallest absolute Gasteiger partial charge is 0.264 e. The van der Waals surface area contributed by atoms with Gasteiger partial charge < -0.3 is 9.80 Å². The Bertz CT molecular complexity index is 882. The third-order valence-electron chi connectivity index (χ3n) is 6.68. The fourth-order valence-corrected chi connectivity index (χ4v) is 6.07. The molecule has 2 fully saturated rings. The number of carbonyl (C=O) groups is 2. The second-order valence-corrected chi connectivity index (χ2v) is 9.85. The molecule has 156 valence electrons. The van der Waals surface area contributed by atoms with Gasteiger partial charge >= 0.3 is 0 Å². The molecule has 2 aliphatic heterocycles. The molecule has 3 heterocycles. The molecule has 0 aliphatic carbocycles. The van der Waals surface area contributed by atoms with Crippen LogP contribution in [0.15, 0.2) is 24.3 Å². The number of nitrogens with zero attached hydrogens (tertiary/aromatic N) is 2. The quantitative estimate of drug-likeness (QED) is 0.703. The number of hydrogen-bond donors (Lipinski definition) is 0. The fourth-order valence-electron chi connectivity index (χ4n) is 4.87. The predicted octanol–water partition coefficient (Wildman–Crippen LogP) is 5.11. The van der Waals surface area contributed by atoms with Crippen LogP contribution in [0.25, 0.3) is 10.1 Å². The zero-order valence-corrected chi connectivity index (χ0v) is 18.5. The van der Waals surface area contributed by atoms with Crippen molar-refractivity contribution in [3.8, 4) is 0 Å². The molecule has 4 rings (SSSR count). The number of piperidine rings is 1. The molecule has 1 aromatic heterocycles. The Hall–Kier alpha value is -1.88. The van der Waals surface area contributed by atoms with E-state index in [9.17, 15) is 9.59 Å². The molecule has 2 saturated heterocycles. The van der Waals surface area contributed by atoms with Crippen molar-refractivity contribution in [3.05, 3.63) is 34.7 Å². The van der Waals surface area contributed by atoms with E-state index in [1.54, 1.807) is 18.3 Å².